The Kier molecular flexibility index (Phi) is 6.96. The van der Waals surface area contributed by atoms with E-state index in [2.05, 4.69) is 15.4 Å². The van der Waals surface area contributed by atoms with Gasteiger partial charge >= 0.3 is 0 Å². The first kappa shape index (κ1) is 23.2. The molecule has 1 aliphatic heterocycles. The molecule has 1 fully saturated rings. The molecule has 176 valence electrons. The minimum Gasteiger partial charge on any atom is -0.378 e. The van der Waals surface area contributed by atoms with Crippen LogP contribution in [0.1, 0.15) is 19.5 Å². The number of benzene rings is 2. The SMILES string of the molecule is CCN(CC)S(=O)(=O)c1ccc(N2CCOCC2)c(NC(=O)Cc2noc3ccccc23)c1. The first-order valence-corrected chi connectivity index (χ1v) is 12.5. The van der Waals surface area contributed by atoms with Crippen molar-refractivity contribution in [1.29, 1.82) is 0 Å². The van der Waals surface area contributed by atoms with Gasteiger partial charge in [0.25, 0.3) is 0 Å². The van der Waals surface area contributed by atoms with Crippen molar-refractivity contribution in [1.82, 2.24) is 9.46 Å². The largest absolute Gasteiger partial charge is 0.378 e. The lowest BCUT2D eigenvalue weighted by atomic mass is 10.1. The van der Waals surface area contributed by atoms with Crippen molar-refractivity contribution in [3.8, 4) is 0 Å². The predicted octanol–water partition coefficient (Wildman–Crippen LogP) is 2.88. The summed E-state index contributed by atoms with van der Waals surface area (Å²) in [6, 6.07) is 12.2. The zero-order valence-electron chi connectivity index (χ0n) is 18.8. The Bertz CT molecular complexity index is 1230. The van der Waals surface area contributed by atoms with E-state index in [9.17, 15) is 13.2 Å². The molecule has 33 heavy (non-hydrogen) atoms. The molecule has 9 nitrogen and oxygen atoms in total. The Labute approximate surface area is 193 Å². The molecule has 10 heteroatoms. The standard InChI is InChI=1S/C23H28N4O5S/c1-3-27(4-2)33(29,30)17-9-10-21(26-11-13-31-14-12-26)20(15-17)24-23(28)16-19-18-7-5-6-8-22(18)32-25-19/h5-10,15H,3-4,11-14,16H2,1-2H3,(H,24,28). The molecule has 0 radical (unpaired) electrons. The highest BCUT2D eigenvalue weighted by atomic mass is 32.2. The number of nitrogens with zero attached hydrogens (tertiary/aromatic N) is 3. The number of morpholine rings is 1. The van der Waals surface area contributed by atoms with Crippen LogP contribution in [0.3, 0.4) is 0 Å². The molecule has 0 unspecified atom stereocenters. The van der Waals surface area contributed by atoms with Crippen LogP contribution in [0.4, 0.5) is 11.4 Å². The maximum absolute atomic E-state index is 13.1. The van der Waals surface area contributed by atoms with Crippen LogP contribution in [0.2, 0.25) is 0 Å². The van der Waals surface area contributed by atoms with Crippen LogP contribution in [0.25, 0.3) is 11.0 Å². The molecule has 3 aromatic rings. The molecule has 2 heterocycles. The monoisotopic (exact) mass is 472 g/mol. The molecule has 0 saturated carbocycles. The molecular formula is C23H28N4O5S. The van der Waals surface area contributed by atoms with Crippen LogP contribution >= 0.6 is 0 Å². The van der Waals surface area contributed by atoms with Crippen molar-refractivity contribution < 1.29 is 22.5 Å². The fourth-order valence-corrected chi connectivity index (χ4v) is 5.47. The van der Waals surface area contributed by atoms with Crippen LogP contribution < -0.4 is 10.2 Å². The first-order chi connectivity index (χ1) is 15.9. The maximum atomic E-state index is 13.1. The fourth-order valence-electron chi connectivity index (χ4n) is 3.98. The maximum Gasteiger partial charge on any atom is 0.243 e. The van der Waals surface area contributed by atoms with E-state index in [0.717, 1.165) is 11.1 Å². The molecular weight excluding hydrogens is 444 g/mol. The number of para-hydroxylation sites is 1. The quantitative estimate of drug-likeness (QED) is 0.537. The Morgan fingerprint density at radius 3 is 2.58 bits per heavy atom. The number of sulfonamides is 1. The van der Waals surface area contributed by atoms with E-state index in [4.69, 9.17) is 9.26 Å². The van der Waals surface area contributed by atoms with Crippen LogP contribution in [0.5, 0.6) is 0 Å². The predicted molar refractivity (Wildman–Crippen MR) is 126 cm³/mol. The lowest BCUT2D eigenvalue weighted by Crippen LogP contribution is -2.37. The lowest BCUT2D eigenvalue weighted by Gasteiger charge is -2.31. The van der Waals surface area contributed by atoms with Crippen molar-refractivity contribution in [2.24, 2.45) is 0 Å². The highest BCUT2D eigenvalue weighted by Gasteiger charge is 2.25. The van der Waals surface area contributed by atoms with Gasteiger partial charge in [0.15, 0.2) is 5.58 Å². The third-order valence-corrected chi connectivity index (χ3v) is 7.76. The summed E-state index contributed by atoms with van der Waals surface area (Å²) in [5, 5.41) is 7.72. The van der Waals surface area contributed by atoms with E-state index >= 15 is 0 Å². The van der Waals surface area contributed by atoms with Gasteiger partial charge in [-0.15, -0.1) is 0 Å². The number of carbonyl (C=O) groups excluding carboxylic acids is 1. The summed E-state index contributed by atoms with van der Waals surface area (Å²) >= 11 is 0. The number of ether oxygens (including phenoxy) is 1. The number of aromatic nitrogens is 1. The zero-order valence-corrected chi connectivity index (χ0v) is 19.6. The summed E-state index contributed by atoms with van der Waals surface area (Å²) in [5.41, 5.74) is 2.35. The van der Waals surface area contributed by atoms with Gasteiger partial charge in [0.2, 0.25) is 15.9 Å². The highest BCUT2D eigenvalue weighted by molar-refractivity contribution is 7.89. The average molecular weight is 473 g/mol. The van der Waals surface area contributed by atoms with Crippen molar-refractivity contribution in [2.45, 2.75) is 25.2 Å². The highest BCUT2D eigenvalue weighted by Crippen LogP contribution is 2.31. The molecule has 1 N–H and O–H groups in total. The van der Waals surface area contributed by atoms with Gasteiger partial charge in [-0.25, -0.2) is 8.42 Å². The molecule has 1 saturated heterocycles. The number of anilines is 2. The molecule has 1 aromatic heterocycles. The second kappa shape index (κ2) is 9.90. The fraction of sp³-hybridized carbons (Fsp3) is 0.391. The molecule has 0 atom stereocenters. The van der Waals surface area contributed by atoms with Gasteiger partial charge in [-0.1, -0.05) is 31.1 Å². The minimum atomic E-state index is -3.67. The molecule has 0 aliphatic carbocycles. The molecule has 1 aliphatic rings. The Balaban J connectivity index is 1.65. The lowest BCUT2D eigenvalue weighted by molar-refractivity contribution is -0.115. The van der Waals surface area contributed by atoms with E-state index < -0.39 is 10.0 Å². The van der Waals surface area contributed by atoms with Gasteiger partial charge in [0, 0.05) is 31.6 Å². The Morgan fingerprint density at radius 2 is 1.85 bits per heavy atom. The summed E-state index contributed by atoms with van der Waals surface area (Å²) in [6.07, 6.45) is 0.00653. The molecule has 1 amide bonds. The summed E-state index contributed by atoms with van der Waals surface area (Å²) in [6.45, 7) is 6.77. The zero-order chi connectivity index (χ0) is 23.4. The number of fused-ring (bicyclic) bond motifs is 1. The van der Waals surface area contributed by atoms with Gasteiger partial charge in [0.05, 0.1) is 35.9 Å². The van der Waals surface area contributed by atoms with Gasteiger partial charge in [-0.05, 0) is 30.3 Å². The topological polar surface area (TPSA) is 105 Å². The molecule has 4 rings (SSSR count). The number of nitrogens with one attached hydrogen (secondary N) is 1. The Morgan fingerprint density at radius 1 is 1.12 bits per heavy atom. The smallest absolute Gasteiger partial charge is 0.243 e. The average Bonchev–Trinajstić information content (AvgIpc) is 3.23. The van der Waals surface area contributed by atoms with Gasteiger partial charge in [-0.2, -0.15) is 4.31 Å². The van der Waals surface area contributed by atoms with E-state index in [1.54, 1.807) is 32.0 Å². The van der Waals surface area contributed by atoms with Crippen molar-refractivity contribution >= 4 is 38.3 Å². The van der Waals surface area contributed by atoms with E-state index in [1.807, 2.05) is 18.2 Å². The number of hydrogen-bond donors (Lipinski definition) is 1. The van der Waals surface area contributed by atoms with Crippen LogP contribution in [0, 0.1) is 0 Å². The normalized spacial score (nSPS) is 14.7. The van der Waals surface area contributed by atoms with E-state index in [-0.39, 0.29) is 17.2 Å². The van der Waals surface area contributed by atoms with Crippen LogP contribution in [-0.4, -0.2) is 63.2 Å². The number of rotatable bonds is 8. The van der Waals surface area contributed by atoms with Crippen molar-refractivity contribution in [3.63, 3.8) is 0 Å². The van der Waals surface area contributed by atoms with Gasteiger partial charge in [-0.3, -0.25) is 4.79 Å². The number of carbonyl (C=O) groups is 1. The molecule has 0 bridgehead atoms. The van der Waals surface area contributed by atoms with Crippen LogP contribution in [-0.2, 0) is 26.0 Å². The minimum absolute atomic E-state index is 0.00653. The molecule has 2 aromatic carbocycles. The summed E-state index contributed by atoms with van der Waals surface area (Å²) in [7, 11) is -3.67. The summed E-state index contributed by atoms with van der Waals surface area (Å²) in [4.78, 5) is 15.2. The molecule has 0 spiro atoms. The van der Waals surface area contributed by atoms with E-state index in [0.29, 0.717) is 56.4 Å². The number of hydrogen-bond acceptors (Lipinski definition) is 7. The number of amides is 1. The van der Waals surface area contributed by atoms with E-state index in [1.165, 1.54) is 10.4 Å². The second-order valence-electron chi connectivity index (χ2n) is 7.72. The Hall–Kier alpha value is -2.95. The van der Waals surface area contributed by atoms with Crippen molar-refractivity contribution in [3.05, 3.63) is 48.2 Å². The van der Waals surface area contributed by atoms with Gasteiger partial charge in [0.1, 0.15) is 5.69 Å². The van der Waals surface area contributed by atoms with Crippen molar-refractivity contribution in [2.75, 3.05) is 49.6 Å². The van der Waals surface area contributed by atoms with Gasteiger partial charge < -0.3 is 19.5 Å². The summed E-state index contributed by atoms with van der Waals surface area (Å²) in [5.74, 6) is -0.305. The third-order valence-electron chi connectivity index (χ3n) is 5.72. The summed E-state index contributed by atoms with van der Waals surface area (Å²) < 4.78 is 38.3. The second-order valence-corrected chi connectivity index (χ2v) is 9.66. The first-order valence-electron chi connectivity index (χ1n) is 11.0. The third kappa shape index (κ3) is 4.87. The van der Waals surface area contributed by atoms with Crippen LogP contribution in [0.15, 0.2) is 51.9 Å².